The molecule has 0 saturated heterocycles. The minimum absolute atomic E-state index is 0.488. The molecule has 6 heteroatoms. The van der Waals surface area contributed by atoms with E-state index in [1.54, 1.807) is 0 Å². The summed E-state index contributed by atoms with van der Waals surface area (Å²) in [6.07, 6.45) is 1.06. The van der Waals surface area contributed by atoms with E-state index < -0.39 is 11.9 Å². The van der Waals surface area contributed by atoms with Crippen LogP contribution in [0.3, 0.4) is 0 Å². The van der Waals surface area contributed by atoms with Crippen LogP contribution in [-0.4, -0.2) is 41.8 Å². The van der Waals surface area contributed by atoms with Gasteiger partial charge >= 0.3 is 11.9 Å². The number of benzene rings is 2. The van der Waals surface area contributed by atoms with Crippen LogP contribution >= 0.6 is 0 Å². The first-order chi connectivity index (χ1) is 13.3. The average Bonchev–Trinajstić information content (AvgIpc) is 2.65. The van der Waals surface area contributed by atoms with Crippen molar-refractivity contribution in [3.63, 3.8) is 0 Å². The number of ether oxygens (including phenoxy) is 1. The average molecular weight is 387 g/mol. The molecule has 2 aromatic carbocycles. The van der Waals surface area contributed by atoms with Gasteiger partial charge in [-0.1, -0.05) is 56.3 Å². The standard InChI is InChI=1S/C20H27NO.C2H2O4/c1-16(2)19-10-9-17(3)15-20(19)22-14-13-21-12-11-18-7-5-4-6-8-18;3-1(4)2(5)6/h4-10,15-16,21H,11-14H2,1-3H3;(H,3,4)(H,5,6). The van der Waals surface area contributed by atoms with E-state index >= 15 is 0 Å². The number of rotatable bonds is 8. The monoisotopic (exact) mass is 387 g/mol. The number of aliphatic carboxylic acids is 2. The minimum atomic E-state index is -1.82. The third-order valence-electron chi connectivity index (χ3n) is 3.94. The summed E-state index contributed by atoms with van der Waals surface area (Å²) in [5.74, 6) is -2.13. The quantitative estimate of drug-likeness (QED) is 0.474. The van der Waals surface area contributed by atoms with Gasteiger partial charge in [0.1, 0.15) is 12.4 Å². The van der Waals surface area contributed by atoms with Gasteiger partial charge in [-0.25, -0.2) is 9.59 Å². The summed E-state index contributed by atoms with van der Waals surface area (Å²) in [7, 11) is 0. The maximum absolute atomic E-state index is 9.10. The lowest BCUT2D eigenvalue weighted by Gasteiger charge is -2.15. The second kappa shape index (κ2) is 12.5. The zero-order valence-electron chi connectivity index (χ0n) is 16.6. The summed E-state index contributed by atoms with van der Waals surface area (Å²) in [5, 5.41) is 18.2. The molecule has 0 bridgehead atoms. The van der Waals surface area contributed by atoms with Crippen LogP contribution in [0.1, 0.15) is 36.5 Å². The van der Waals surface area contributed by atoms with E-state index in [1.165, 1.54) is 16.7 Å². The summed E-state index contributed by atoms with van der Waals surface area (Å²) in [5.41, 5.74) is 3.91. The van der Waals surface area contributed by atoms with Gasteiger partial charge in [-0.15, -0.1) is 0 Å². The maximum Gasteiger partial charge on any atom is 0.414 e. The second-order valence-corrected chi connectivity index (χ2v) is 6.64. The molecule has 0 atom stereocenters. The van der Waals surface area contributed by atoms with Crippen molar-refractivity contribution < 1.29 is 24.5 Å². The van der Waals surface area contributed by atoms with Gasteiger partial charge in [-0.3, -0.25) is 0 Å². The van der Waals surface area contributed by atoms with E-state index in [1.807, 2.05) is 0 Å². The van der Waals surface area contributed by atoms with Gasteiger partial charge in [0.15, 0.2) is 0 Å². The predicted molar refractivity (Wildman–Crippen MR) is 109 cm³/mol. The number of hydrogen-bond donors (Lipinski definition) is 3. The highest BCUT2D eigenvalue weighted by atomic mass is 16.5. The van der Waals surface area contributed by atoms with Gasteiger partial charge in [-0.2, -0.15) is 0 Å². The molecule has 0 heterocycles. The lowest BCUT2D eigenvalue weighted by molar-refractivity contribution is -0.159. The van der Waals surface area contributed by atoms with Crippen molar-refractivity contribution in [1.29, 1.82) is 0 Å². The fraction of sp³-hybridized carbons (Fsp3) is 0.364. The zero-order valence-corrected chi connectivity index (χ0v) is 16.6. The van der Waals surface area contributed by atoms with Gasteiger partial charge in [0.2, 0.25) is 0 Å². The Balaban J connectivity index is 0.000000568. The largest absolute Gasteiger partial charge is 0.492 e. The molecule has 0 amide bonds. The zero-order chi connectivity index (χ0) is 20.9. The van der Waals surface area contributed by atoms with Crippen LogP contribution in [-0.2, 0) is 16.0 Å². The summed E-state index contributed by atoms with van der Waals surface area (Å²) in [6, 6.07) is 17.0. The highest BCUT2D eigenvalue weighted by molar-refractivity contribution is 6.27. The Bertz CT molecular complexity index is 732. The molecule has 0 radical (unpaired) electrons. The van der Waals surface area contributed by atoms with Crippen molar-refractivity contribution >= 4 is 11.9 Å². The maximum atomic E-state index is 9.10. The number of nitrogens with one attached hydrogen (secondary N) is 1. The fourth-order valence-electron chi connectivity index (χ4n) is 2.48. The smallest absolute Gasteiger partial charge is 0.414 e. The highest BCUT2D eigenvalue weighted by Gasteiger charge is 2.07. The SMILES string of the molecule is Cc1ccc(C(C)C)c(OCCNCCc2ccccc2)c1.O=C(O)C(=O)O. The van der Waals surface area contributed by atoms with Crippen LogP contribution < -0.4 is 10.1 Å². The molecule has 3 N–H and O–H groups in total. The molecule has 0 aliphatic rings. The number of carboxylic acids is 2. The molecule has 0 spiro atoms. The lowest BCUT2D eigenvalue weighted by atomic mass is 10.0. The van der Waals surface area contributed by atoms with E-state index in [4.69, 9.17) is 24.5 Å². The predicted octanol–water partition coefficient (Wildman–Crippen LogP) is 3.49. The molecule has 0 saturated carbocycles. The van der Waals surface area contributed by atoms with Gasteiger partial charge in [0.05, 0.1) is 0 Å². The van der Waals surface area contributed by atoms with E-state index in [-0.39, 0.29) is 0 Å². The Hall–Kier alpha value is -2.86. The number of hydrogen-bond acceptors (Lipinski definition) is 4. The molecule has 2 aromatic rings. The molecular formula is C22H29NO5. The van der Waals surface area contributed by atoms with Crippen LogP contribution in [0.5, 0.6) is 5.75 Å². The van der Waals surface area contributed by atoms with E-state index in [9.17, 15) is 0 Å². The Morgan fingerprint density at radius 3 is 2.21 bits per heavy atom. The van der Waals surface area contributed by atoms with Crippen LogP contribution in [0, 0.1) is 6.92 Å². The third-order valence-corrected chi connectivity index (χ3v) is 3.94. The molecule has 0 aliphatic heterocycles. The van der Waals surface area contributed by atoms with Crippen LogP contribution in [0.15, 0.2) is 48.5 Å². The first kappa shape index (κ1) is 23.2. The summed E-state index contributed by atoms with van der Waals surface area (Å²) in [4.78, 5) is 18.2. The van der Waals surface area contributed by atoms with Crippen molar-refractivity contribution in [1.82, 2.24) is 5.32 Å². The van der Waals surface area contributed by atoms with Crippen molar-refractivity contribution in [2.75, 3.05) is 19.7 Å². The fourth-order valence-corrected chi connectivity index (χ4v) is 2.48. The Morgan fingerprint density at radius 2 is 1.64 bits per heavy atom. The van der Waals surface area contributed by atoms with Crippen molar-refractivity contribution in [2.45, 2.75) is 33.1 Å². The Kier molecular flexibility index (Phi) is 10.4. The van der Waals surface area contributed by atoms with Crippen molar-refractivity contribution in [3.8, 4) is 5.75 Å². The molecule has 0 aliphatic carbocycles. The van der Waals surface area contributed by atoms with Crippen molar-refractivity contribution in [3.05, 3.63) is 65.2 Å². The highest BCUT2D eigenvalue weighted by Crippen LogP contribution is 2.27. The van der Waals surface area contributed by atoms with Crippen molar-refractivity contribution in [2.24, 2.45) is 0 Å². The molecule has 2 rings (SSSR count). The lowest BCUT2D eigenvalue weighted by Crippen LogP contribution is -2.23. The van der Waals surface area contributed by atoms with Crippen LogP contribution in [0.2, 0.25) is 0 Å². The third kappa shape index (κ3) is 9.19. The normalized spacial score (nSPS) is 10.1. The van der Waals surface area contributed by atoms with Gasteiger partial charge in [0, 0.05) is 6.54 Å². The molecule has 6 nitrogen and oxygen atoms in total. The minimum Gasteiger partial charge on any atom is -0.492 e. The van der Waals surface area contributed by atoms with Crippen LogP contribution in [0.25, 0.3) is 0 Å². The van der Waals surface area contributed by atoms with E-state index in [2.05, 4.69) is 74.6 Å². The second-order valence-electron chi connectivity index (χ2n) is 6.64. The molecule has 0 fully saturated rings. The topological polar surface area (TPSA) is 95.9 Å². The number of carbonyl (C=O) groups is 2. The molecular weight excluding hydrogens is 358 g/mol. The number of aryl methyl sites for hydroxylation is 1. The first-order valence-electron chi connectivity index (χ1n) is 9.25. The molecule has 152 valence electrons. The van der Waals surface area contributed by atoms with Crippen LogP contribution in [0.4, 0.5) is 0 Å². The van der Waals surface area contributed by atoms with Gasteiger partial charge in [0.25, 0.3) is 0 Å². The van der Waals surface area contributed by atoms with Gasteiger partial charge < -0.3 is 20.3 Å². The first-order valence-corrected chi connectivity index (χ1v) is 9.25. The molecule has 0 unspecified atom stereocenters. The summed E-state index contributed by atoms with van der Waals surface area (Å²) < 4.78 is 5.97. The summed E-state index contributed by atoms with van der Waals surface area (Å²) >= 11 is 0. The molecule has 28 heavy (non-hydrogen) atoms. The summed E-state index contributed by atoms with van der Waals surface area (Å²) in [6.45, 7) is 9.08. The van der Waals surface area contributed by atoms with Gasteiger partial charge in [-0.05, 0) is 48.6 Å². The molecule has 0 aromatic heterocycles. The van der Waals surface area contributed by atoms with E-state index in [0.717, 1.165) is 25.3 Å². The Morgan fingerprint density at radius 1 is 1.00 bits per heavy atom. The number of carboxylic acid groups (broad SMARTS) is 2. The Labute approximate surface area is 166 Å². The van der Waals surface area contributed by atoms with E-state index in [0.29, 0.717) is 12.5 Å².